The Morgan fingerprint density at radius 1 is 1.44 bits per heavy atom. The van der Waals surface area contributed by atoms with Crippen molar-refractivity contribution in [1.29, 1.82) is 0 Å². The smallest absolute Gasteiger partial charge is 0.309 e. The first-order valence-corrected chi connectivity index (χ1v) is 6.84. The summed E-state index contributed by atoms with van der Waals surface area (Å²) in [7, 11) is 0. The number of hydrogen-bond acceptors (Lipinski definition) is 3. The number of aryl methyl sites for hydroxylation is 1. The van der Waals surface area contributed by atoms with E-state index in [9.17, 15) is 9.59 Å². The van der Waals surface area contributed by atoms with E-state index >= 15 is 0 Å². The molecule has 0 unspecified atom stereocenters. The van der Waals surface area contributed by atoms with Crippen molar-refractivity contribution in [3.05, 3.63) is 21.9 Å². The number of amides is 1. The number of carboxylic acid groups (broad SMARTS) is 1. The monoisotopic (exact) mass is 269 g/mol. The van der Waals surface area contributed by atoms with E-state index in [1.807, 2.05) is 18.4 Å². The summed E-state index contributed by atoms with van der Waals surface area (Å²) in [4.78, 5) is 23.5. The Hall–Kier alpha value is -1.36. The molecule has 0 aliphatic heterocycles. The summed E-state index contributed by atoms with van der Waals surface area (Å²) in [6.07, 6.45) is 1.24. The van der Waals surface area contributed by atoms with E-state index < -0.39 is 11.4 Å². The molecule has 1 aromatic heterocycles. The van der Waals surface area contributed by atoms with E-state index in [0.717, 1.165) is 16.9 Å². The lowest BCUT2D eigenvalue weighted by Gasteiger charge is -2.18. The maximum absolute atomic E-state index is 11.9. The lowest BCUT2D eigenvalue weighted by molar-refractivity contribution is -0.147. The van der Waals surface area contributed by atoms with E-state index in [4.69, 9.17) is 5.11 Å². The van der Waals surface area contributed by atoms with E-state index in [2.05, 4.69) is 5.32 Å². The summed E-state index contributed by atoms with van der Waals surface area (Å²) in [5, 5.41) is 13.6. The maximum atomic E-state index is 11.9. The number of carboxylic acids is 1. The largest absolute Gasteiger partial charge is 0.481 e. The summed E-state index contributed by atoms with van der Waals surface area (Å²) in [5.41, 5.74) is 0.228. The first kappa shape index (κ1) is 14.7. The number of aliphatic carboxylic acids is 1. The highest BCUT2D eigenvalue weighted by molar-refractivity contribution is 7.12. The lowest BCUT2D eigenvalue weighted by Crippen LogP contribution is -2.31. The van der Waals surface area contributed by atoms with Crippen molar-refractivity contribution in [3.63, 3.8) is 0 Å². The van der Waals surface area contributed by atoms with Crippen molar-refractivity contribution in [2.24, 2.45) is 5.41 Å². The Kier molecular flexibility index (Phi) is 4.90. The maximum Gasteiger partial charge on any atom is 0.309 e. The molecule has 0 atom stereocenters. The lowest BCUT2D eigenvalue weighted by atomic mass is 9.90. The molecule has 4 nitrogen and oxygen atoms in total. The predicted octanol–water partition coefficient (Wildman–Crippen LogP) is 2.54. The van der Waals surface area contributed by atoms with Gasteiger partial charge in [-0.1, -0.05) is 6.92 Å². The second-order valence-corrected chi connectivity index (χ2v) is 5.74. The van der Waals surface area contributed by atoms with Crippen LogP contribution in [-0.2, 0) is 11.2 Å². The molecule has 100 valence electrons. The molecule has 1 aromatic rings. The molecule has 0 fully saturated rings. The third kappa shape index (κ3) is 3.57. The second-order valence-electron chi connectivity index (χ2n) is 4.82. The molecular formula is C13H19NO3S. The standard InChI is InChI=1S/C13H19NO3S/c1-4-9-5-8-18-10(9)11(15)14-7-6-13(2,3)12(16)17/h5,8H,4,6-7H2,1-3H3,(H,14,15)(H,16,17). The van der Waals surface area contributed by atoms with Gasteiger partial charge in [0.05, 0.1) is 10.3 Å². The molecule has 0 spiro atoms. The first-order chi connectivity index (χ1) is 8.38. The minimum atomic E-state index is -0.845. The van der Waals surface area contributed by atoms with Crippen molar-refractivity contribution in [2.45, 2.75) is 33.6 Å². The van der Waals surface area contributed by atoms with Crippen LogP contribution in [0.15, 0.2) is 11.4 Å². The van der Waals surface area contributed by atoms with Gasteiger partial charge in [-0.15, -0.1) is 11.3 Å². The zero-order chi connectivity index (χ0) is 13.8. The van der Waals surface area contributed by atoms with Crippen molar-refractivity contribution in [3.8, 4) is 0 Å². The van der Waals surface area contributed by atoms with Crippen LogP contribution in [0.1, 0.15) is 42.4 Å². The minimum absolute atomic E-state index is 0.108. The molecule has 1 amide bonds. The summed E-state index contributed by atoms with van der Waals surface area (Å²) in [6, 6.07) is 1.95. The van der Waals surface area contributed by atoms with Gasteiger partial charge in [0, 0.05) is 6.54 Å². The van der Waals surface area contributed by atoms with Crippen LogP contribution in [0.3, 0.4) is 0 Å². The number of hydrogen-bond donors (Lipinski definition) is 2. The number of carbonyl (C=O) groups excluding carboxylic acids is 1. The minimum Gasteiger partial charge on any atom is -0.481 e. The van der Waals surface area contributed by atoms with E-state index in [1.165, 1.54) is 11.3 Å². The molecule has 5 heteroatoms. The van der Waals surface area contributed by atoms with Gasteiger partial charge < -0.3 is 10.4 Å². The highest BCUT2D eigenvalue weighted by Gasteiger charge is 2.26. The van der Waals surface area contributed by atoms with Gasteiger partial charge in [-0.3, -0.25) is 9.59 Å². The summed E-state index contributed by atoms with van der Waals surface area (Å²) in [5.74, 6) is -0.954. The van der Waals surface area contributed by atoms with Crippen molar-refractivity contribution in [2.75, 3.05) is 6.54 Å². The van der Waals surface area contributed by atoms with Gasteiger partial charge in [0.2, 0.25) is 0 Å². The molecule has 1 heterocycles. The fraction of sp³-hybridized carbons (Fsp3) is 0.538. The average Bonchev–Trinajstić information content (AvgIpc) is 2.76. The van der Waals surface area contributed by atoms with Gasteiger partial charge in [0.15, 0.2) is 0 Å². The Balaban J connectivity index is 2.50. The summed E-state index contributed by atoms with van der Waals surface area (Å²) in [6.45, 7) is 5.69. The van der Waals surface area contributed by atoms with Crippen LogP contribution in [0, 0.1) is 5.41 Å². The fourth-order valence-electron chi connectivity index (χ4n) is 1.49. The second kappa shape index (κ2) is 6.00. The summed E-state index contributed by atoms with van der Waals surface area (Å²) >= 11 is 1.42. The van der Waals surface area contributed by atoms with Crippen LogP contribution < -0.4 is 5.32 Å². The quantitative estimate of drug-likeness (QED) is 0.834. The van der Waals surface area contributed by atoms with Crippen molar-refractivity contribution >= 4 is 23.2 Å². The molecule has 0 saturated heterocycles. The van der Waals surface area contributed by atoms with Crippen LogP contribution in [-0.4, -0.2) is 23.5 Å². The van der Waals surface area contributed by atoms with E-state index in [-0.39, 0.29) is 5.91 Å². The van der Waals surface area contributed by atoms with E-state index in [1.54, 1.807) is 13.8 Å². The highest BCUT2D eigenvalue weighted by Crippen LogP contribution is 2.20. The zero-order valence-corrected chi connectivity index (χ0v) is 11.8. The normalized spacial score (nSPS) is 11.3. The van der Waals surface area contributed by atoms with Gasteiger partial charge in [-0.05, 0) is 43.7 Å². The number of nitrogens with one attached hydrogen (secondary N) is 1. The molecule has 0 radical (unpaired) electrons. The van der Waals surface area contributed by atoms with Crippen LogP contribution in [0.2, 0.25) is 0 Å². The molecule has 1 rings (SSSR count). The first-order valence-electron chi connectivity index (χ1n) is 5.96. The average molecular weight is 269 g/mol. The molecule has 0 aliphatic carbocycles. The Labute approximate surface area is 111 Å². The predicted molar refractivity (Wildman–Crippen MR) is 72.1 cm³/mol. The molecule has 2 N–H and O–H groups in total. The topological polar surface area (TPSA) is 66.4 Å². The summed E-state index contributed by atoms with van der Waals surface area (Å²) < 4.78 is 0. The molecular weight excluding hydrogens is 250 g/mol. The van der Waals surface area contributed by atoms with E-state index in [0.29, 0.717) is 13.0 Å². The van der Waals surface area contributed by atoms with Gasteiger partial charge in [-0.25, -0.2) is 0 Å². The molecule has 0 saturated carbocycles. The number of carbonyl (C=O) groups is 2. The van der Waals surface area contributed by atoms with Crippen LogP contribution in [0.5, 0.6) is 0 Å². The molecule has 0 bridgehead atoms. The van der Waals surface area contributed by atoms with Gasteiger partial charge in [0.1, 0.15) is 0 Å². The Bertz CT molecular complexity index is 437. The van der Waals surface area contributed by atoms with Crippen LogP contribution >= 0.6 is 11.3 Å². The SMILES string of the molecule is CCc1ccsc1C(=O)NCCC(C)(C)C(=O)O. The molecule has 0 aliphatic rings. The zero-order valence-electron chi connectivity index (χ0n) is 10.9. The third-order valence-electron chi connectivity index (χ3n) is 2.95. The van der Waals surface area contributed by atoms with Gasteiger partial charge >= 0.3 is 5.97 Å². The third-order valence-corrected chi connectivity index (χ3v) is 3.90. The Morgan fingerprint density at radius 3 is 2.67 bits per heavy atom. The molecule has 18 heavy (non-hydrogen) atoms. The number of rotatable bonds is 6. The van der Waals surface area contributed by atoms with Crippen LogP contribution in [0.25, 0.3) is 0 Å². The highest BCUT2D eigenvalue weighted by atomic mass is 32.1. The van der Waals surface area contributed by atoms with Crippen LogP contribution in [0.4, 0.5) is 0 Å². The van der Waals surface area contributed by atoms with Gasteiger partial charge in [-0.2, -0.15) is 0 Å². The fourth-order valence-corrected chi connectivity index (χ4v) is 2.40. The Morgan fingerprint density at radius 2 is 2.11 bits per heavy atom. The van der Waals surface area contributed by atoms with Gasteiger partial charge in [0.25, 0.3) is 5.91 Å². The molecule has 0 aromatic carbocycles. The van der Waals surface area contributed by atoms with Crippen molar-refractivity contribution < 1.29 is 14.7 Å². The van der Waals surface area contributed by atoms with Crippen molar-refractivity contribution in [1.82, 2.24) is 5.32 Å². The number of thiophene rings is 1.